The van der Waals surface area contributed by atoms with Gasteiger partial charge in [-0.25, -0.2) is 18.6 Å². The van der Waals surface area contributed by atoms with Crippen LogP contribution in [0.25, 0.3) is 0 Å². The van der Waals surface area contributed by atoms with E-state index in [0.29, 0.717) is 5.56 Å². The van der Waals surface area contributed by atoms with E-state index >= 15 is 0 Å². The van der Waals surface area contributed by atoms with Crippen LogP contribution in [-0.4, -0.2) is 31.6 Å². The number of carbonyl (C=O) groups excluding carboxylic acids is 1. The molecule has 2 N–H and O–H groups in total. The lowest BCUT2D eigenvalue weighted by Gasteiger charge is -2.26. The van der Waals surface area contributed by atoms with Gasteiger partial charge >= 0.3 is 5.97 Å². The largest absolute Gasteiger partial charge is 0.478 e. The summed E-state index contributed by atoms with van der Waals surface area (Å²) in [5.74, 6) is -1.64. The van der Waals surface area contributed by atoms with E-state index in [4.69, 9.17) is 5.11 Å². The highest BCUT2D eigenvalue weighted by Gasteiger charge is 2.28. The second kappa shape index (κ2) is 11.3. The number of rotatable bonds is 9. The Labute approximate surface area is 214 Å². The summed E-state index contributed by atoms with van der Waals surface area (Å²) in [6, 6.07) is 29.5. The quantitative estimate of drug-likeness (QED) is 0.252. The van der Waals surface area contributed by atoms with Crippen LogP contribution in [-0.2, 0) is 16.6 Å². The van der Waals surface area contributed by atoms with Crippen LogP contribution in [0.3, 0.4) is 0 Å². The van der Waals surface area contributed by atoms with Crippen LogP contribution in [0.5, 0.6) is 0 Å². The van der Waals surface area contributed by atoms with E-state index in [1.165, 1.54) is 40.9 Å². The minimum atomic E-state index is -4.02. The van der Waals surface area contributed by atoms with Crippen LogP contribution in [0.1, 0.15) is 31.8 Å². The Bertz CT molecular complexity index is 1520. The van der Waals surface area contributed by atoms with Crippen LogP contribution in [0.4, 0.5) is 5.69 Å². The van der Waals surface area contributed by atoms with Gasteiger partial charge in [-0.05, 0) is 47.5 Å². The van der Waals surface area contributed by atoms with E-state index in [1.54, 1.807) is 48.5 Å². The second-order valence-corrected chi connectivity index (χ2v) is 9.82. The predicted molar refractivity (Wildman–Crippen MR) is 141 cm³/mol. The van der Waals surface area contributed by atoms with Gasteiger partial charge in [-0.3, -0.25) is 9.10 Å². The Balaban J connectivity index is 1.65. The van der Waals surface area contributed by atoms with Gasteiger partial charge in [0.05, 0.1) is 34.5 Å². The van der Waals surface area contributed by atoms with Crippen molar-refractivity contribution in [3.8, 4) is 0 Å². The van der Waals surface area contributed by atoms with Crippen molar-refractivity contribution in [3.63, 3.8) is 0 Å². The smallest absolute Gasteiger partial charge is 0.335 e. The minimum absolute atomic E-state index is 0.0154. The predicted octanol–water partition coefficient (Wildman–Crippen LogP) is 4.54. The molecule has 0 radical (unpaired) electrons. The summed E-state index contributed by atoms with van der Waals surface area (Å²) in [5, 5.41) is 13.0. The molecule has 0 aliphatic heterocycles. The fourth-order valence-corrected chi connectivity index (χ4v) is 5.08. The SMILES string of the molecule is O=C(O)c1ccc(/C=N/NC(=O)c2ccccc2N(Cc2ccccc2)S(=O)(=O)c2ccccc2)cc1. The molecule has 9 heteroatoms. The summed E-state index contributed by atoms with van der Waals surface area (Å²) >= 11 is 0. The molecule has 4 aromatic carbocycles. The molecule has 186 valence electrons. The van der Waals surface area contributed by atoms with Crippen molar-refractivity contribution in [3.05, 3.63) is 131 Å². The Hall–Kier alpha value is -4.76. The second-order valence-electron chi connectivity index (χ2n) is 7.95. The van der Waals surface area contributed by atoms with Crippen molar-refractivity contribution in [2.24, 2.45) is 5.10 Å². The first-order chi connectivity index (χ1) is 17.9. The number of nitrogens with one attached hydrogen (secondary N) is 1. The zero-order valence-corrected chi connectivity index (χ0v) is 20.4. The summed E-state index contributed by atoms with van der Waals surface area (Å²) in [4.78, 5) is 24.2. The molecule has 0 aromatic heterocycles. The highest BCUT2D eigenvalue weighted by Crippen LogP contribution is 2.29. The molecule has 37 heavy (non-hydrogen) atoms. The molecule has 4 rings (SSSR count). The van der Waals surface area contributed by atoms with Crippen molar-refractivity contribution in [1.29, 1.82) is 0 Å². The Morgan fingerprint density at radius 3 is 2.05 bits per heavy atom. The zero-order valence-electron chi connectivity index (χ0n) is 19.6. The average molecular weight is 514 g/mol. The lowest BCUT2D eigenvalue weighted by Crippen LogP contribution is -2.33. The van der Waals surface area contributed by atoms with Crippen molar-refractivity contribution >= 4 is 33.8 Å². The molecule has 8 nitrogen and oxygen atoms in total. The van der Waals surface area contributed by atoms with Crippen LogP contribution in [0, 0.1) is 0 Å². The van der Waals surface area contributed by atoms with Crippen molar-refractivity contribution in [2.75, 3.05) is 4.31 Å². The average Bonchev–Trinajstić information content (AvgIpc) is 2.93. The van der Waals surface area contributed by atoms with Gasteiger partial charge in [0, 0.05) is 0 Å². The maximum Gasteiger partial charge on any atom is 0.335 e. The number of carboxylic acid groups (broad SMARTS) is 1. The number of anilines is 1. The molecule has 0 atom stereocenters. The molecular formula is C28H23N3O5S. The van der Waals surface area contributed by atoms with E-state index in [9.17, 15) is 18.0 Å². The van der Waals surface area contributed by atoms with Gasteiger partial charge in [0.2, 0.25) is 0 Å². The van der Waals surface area contributed by atoms with Gasteiger partial charge < -0.3 is 5.11 Å². The standard InChI is InChI=1S/C28H23N3O5S/c32-27(30-29-19-21-15-17-23(18-16-21)28(33)34)25-13-7-8-14-26(25)31(20-22-9-3-1-4-10-22)37(35,36)24-11-5-2-6-12-24/h1-19H,20H2,(H,30,32)(H,33,34)/b29-19+. The molecule has 0 fully saturated rings. The number of sulfonamides is 1. The first-order valence-corrected chi connectivity index (χ1v) is 12.7. The lowest BCUT2D eigenvalue weighted by molar-refractivity contribution is 0.0696. The maximum absolute atomic E-state index is 13.7. The number of para-hydroxylation sites is 1. The Morgan fingerprint density at radius 1 is 0.811 bits per heavy atom. The molecule has 0 aliphatic rings. The number of carbonyl (C=O) groups is 2. The van der Waals surface area contributed by atoms with Crippen molar-refractivity contribution < 1.29 is 23.1 Å². The highest BCUT2D eigenvalue weighted by molar-refractivity contribution is 7.92. The zero-order chi connectivity index (χ0) is 26.3. The van der Waals surface area contributed by atoms with Gasteiger partial charge in [-0.2, -0.15) is 5.10 Å². The third-order valence-corrected chi connectivity index (χ3v) is 7.23. The van der Waals surface area contributed by atoms with Crippen LogP contribution in [0.2, 0.25) is 0 Å². The first kappa shape index (κ1) is 25.3. The Morgan fingerprint density at radius 2 is 1.41 bits per heavy atom. The van der Waals surface area contributed by atoms with Gasteiger partial charge in [-0.15, -0.1) is 0 Å². The molecule has 0 saturated heterocycles. The summed E-state index contributed by atoms with van der Waals surface area (Å²) in [7, 11) is -4.02. The summed E-state index contributed by atoms with van der Waals surface area (Å²) in [6.45, 7) is 0.0154. The molecule has 0 spiro atoms. The third kappa shape index (κ3) is 6.09. The molecule has 0 heterocycles. The van der Waals surface area contributed by atoms with Crippen LogP contribution in [0.15, 0.2) is 119 Å². The summed E-state index contributed by atoms with van der Waals surface area (Å²) < 4.78 is 28.6. The first-order valence-electron chi connectivity index (χ1n) is 11.2. The molecule has 1 amide bonds. The number of amides is 1. The maximum atomic E-state index is 13.7. The van der Waals surface area contributed by atoms with Crippen molar-refractivity contribution in [1.82, 2.24) is 5.43 Å². The number of hydrogen-bond acceptors (Lipinski definition) is 5. The topological polar surface area (TPSA) is 116 Å². The van der Waals surface area contributed by atoms with E-state index < -0.39 is 21.9 Å². The third-order valence-electron chi connectivity index (χ3n) is 5.45. The van der Waals surface area contributed by atoms with Crippen LogP contribution >= 0.6 is 0 Å². The number of benzene rings is 4. The van der Waals surface area contributed by atoms with Gasteiger partial charge in [0.15, 0.2) is 0 Å². The fraction of sp³-hybridized carbons (Fsp3) is 0.0357. The number of hydrazone groups is 1. The molecule has 0 aliphatic carbocycles. The summed E-state index contributed by atoms with van der Waals surface area (Å²) in [5.41, 5.74) is 4.21. The lowest BCUT2D eigenvalue weighted by atomic mass is 10.1. The van der Waals surface area contributed by atoms with E-state index in [-0.39, 0.29) is 28.3 Å². The Kier molecular flexibility index (Phi) is 7.75. The number of aromatic carboxylic acids is 1. The van der Waals surface area contributed by atoms with Gasteiger partial charge in [-0.1, -0.05) is 72.8 Å². The molecular weight excluding hydrogens is 490 g/mol. The molecule has 0 saturated carbocycles. The molecule has 0 bridgehead atoms. The van der Waals surface area contributed by atoms with Crippen LogP contribution < -0.4 is 9.73 Å². The minimum Gasteiger partial charge on any atom is -0.478 e. The summed E-state index contributed by atoms with van der Waals surface area (Å²) in [6.07, 6.45) is 1.37. The molecule has 0 unspecified atom stereocenters. The normalized spacial score (nSPS) is 11.2. The number of carboxylic acids is 1. The number of hydrogen-bond donors (Lipinski definition) is 2. The number of nitrogens with zero attached hydrogens (tertiary/aromatic N) is 2. The highest BCUT2D eigenvalue weighted by atomic mass is 32.2. The van der Waals surface area contributed by atoms with E-state index in [1.807, 2.05) is 30.3 Å². The molecule has 4 aromatic rings. The van der Waals surface area contributed by atoms with Gasteiger partial charge in [0.25, 0.3) is 15.9 Å². The van der Waals surface area contributed by atoms with Crippen molar-refractivity contribution in [2.45, 2.75) is 11.4 Å². The van der Waals surface area contributed by atoms with E-state index in [0.717, 1.165) is 5.56 Å². The van der Waals surface area contributed by atoms with E-state index in [2.05, 4.69) is 10.5 Å². The monoisotopic (exact) mass is 513 g/mol. The van der Waals surface area contributed by atoms with Gasteiger partial charge in [0.1, 0.15) is 0 Å². The fourth-order valence-electron chi connectivity index (χ4n) is 3.59.